The van der Waals surface area contributed by atoms with Crippen LogP contribution in [-0.2, 0) is 31.7 Å². The van der Waals surface area contributed by atoms with Crippen molar-refractivity contribution in [3.8, 4) is 0 Å². The number of methoxy groups -OCH3 is 1. The predicted molar refractivity (Wildman–Crippen MR) is 102 cm³/mol. The van der Waals surface area contributed by atoms with Gasteiger partial charge in [0.15, 0.2) is 0 Å². The molecular weight excluding hydrogens is 371 g/mol. The second-order valence-electron chi connectivity index (χ2n) is 6.33. The van der Waals surface area contributed by atoms with E-state index in [1.807, 2.05) is 0 Å². The molecule has 2 aromatic rings. The van der Waals surface area contributed by atoms with E-state index in [-0.39, 0.29) is 11.5 Å². The van der Waals surface area contributed by atoms with Gasteiger partial charge in [0.2, 0.25) is 15.9 Å². The number of ether oxygens (including phenoxy) is 1. The number of hydrogen-bond acceptors (Lipinski definition) is 4. The van der Waals surface area contributed by atoms with Gasteiger partial charge in [0.1, 0.15) is 5.82 Å². The molecule has 0 spiro atoms. The number of fused-ring (bicyclic) bond motifs is 1. The summed E-state index contributed by atoms with van der Waals surface area (Å²) in [5.41, 5.74) is 2.16. The van der Waals surface area contributed by atoms with Crippen molar-refractivity contribution in [2.45, 2.75) is 18.6 Å². The predicted octanol–water partition coefficient (Wildman–Crippen LogP) is 2.69. The monoisotopic (exact) mass is 392 g/mol. The maximum absolute atomic E-state index is 13.7. The fourth-order valence-electron chi connectivity index (χ4n) is 3.09. The van der Waals surface area contributed by atoms with E-state index in [4.69, 9.17) is 4.74 Å². The van der Waals surface area contributed by atoms with E-state index in [1.165, 1.54) is 18.2 Å². The number of carbonyl (C=O) groups is 1. The highest BCUT2D eigenvalue weighted by Gasteiger charge is 2.24. The zero-order chi connectivity index (χ0) is 19.4. The number of amides is 1. The molecule has 1 heterocycles. The lowest BCUT2D eigenvalue weighted by molar-refractivity contribution is -0.119. The maximum atomic E-state index is 13.7. The number of carbonyl (C=O) groups excluding carboxylic acids is 1. The molecule has 1 aliphatic heterocycles. The molecule has 1 N–H and O–H groups in total. The van der Waals surface area contributed by atoms with Crippen molar-refractivity contribution in [3.05, 3.63) is 59.4 Å². The number of anilines is 2. The average Bonchev–Trinajstić information content (AvgIpc) is 2.62. The van der Waals surface area contributed by atoms with E-state index in [2.05, 4.69) is 4.72 Å². The quantitative estimate of drug-likeness (QED) is 0.786. The summed E-state index contributed by atoms with van der Waals surface area (Å²) in [6, 6.07) is 10.8. The topological polar surface area (TPSA) is 75.7 Å². The normalized spacial score (nSPS) is 14.1. The average molecular weight is 392 g/mol. The summed E-state index contributed by atoms with van der Waals surface area (Å²) >= 11 is 0. The van der Waals surface area contributed by atoms with Gasteiger partial charge >= 0.3 is 0 Å². The van der Waals surface area contributed by atoms with Crippen molar-refractivity contribution in [1.29, 1.82) is 0 Å². The van der Waals surface area contributed by atoms with Gasteiger partial charge in [-0.15, -0.1) is 0 Å². The van der Waals surface area contributed by atoms with Gasteiger partial charge in [-0.05, 0) is 36.2 Å². The Balaban J connectivity index is 1.79. The first kappa shape index (κ1) is 19.3. The molecule has 0 saturated carbocycles. The van der Waals surface area contributed by atoms with Crippen LogP contribution in [0, 0.1) is 5.82 Å². The van der Waals surface area contributed by atoms with Crippen LogP contribution >= 0.6 is 0 Å². The Labute approximate surface area is 158 Å². The van der Waals surface area contributed by atoms with Gasteiger partial charge in [-0.3, -0.25) is 9.52 Å². The van der Waals surface area contributed by atoms with Crippen molar-refractivity contribution in [3.63, 3.8) is 0 Å². The molecule has 3 rings (SSSR count). The summed E-state index contributed by atoms with van der Waals surface area (Å²) in [5.74, 6) is -0.983. The first-order valence-electron chi connectivity index (χ1n) is 8.56. The van der Waals surface area contributed by atoms with Crippen LogP contribution in [0.4, 0.5) is 15.8 Å². The maximum Gasteiger partial charge on any atom is 0.237 e. The van der Waals surface area contributed by atoms with Gasteiger partial charge in [0.25, 0.3) is 0 Å². The first-order chi connectivity index (χ1) is 12.9. The molecule has 6 nitrogen and oxygen atoms in total. The molecule has 144 valence electrons. The third kappa shape index (κ3) is 4.64. The van der Waals surface area contributed by atoms with Crippen LogP contribution in [0.3, 0.4) is 0 Å². The third-order valence-electron chi connectivity index (χ3n) is 4.38. The van der Waals surface area contributed by atoms with Gasteiger partial charge in [0, 0.05) is 37.0 Å². The summed E-state index contributed by atoms with van der Waals surface area (Å²) in [6.45, 7) is 0.864. The van der Waals surface area contributed by atoms with Crippen LogP contribution in [0.1, 0.15) is 17.5 Å². The van der Waals surface area contributed by atoms with Gasteiger partial charge < -0.3 is 9.64 Å². The Bertz CT molecular complexity index is 946. The van der Waals surface area contributed by atoms with E-state index >= 15 is 0 Å². The van der Waals surface area contributed by atoms with Gasteiger partial charge in [-0.2, -0.15) is 0 Å². The van der Waals surface area contributed by atoms with Crippen LogP contribution in [0.2, 0.25) is 0 Å². The fraction of sp³-hybridized carbons (Fsp3) is 0.316. The van der Waals surface area contributed by atoms with Gasteiger partial charge in [0.05, 0.1) is 12.4 Å². The van der Waals surface area contributed by atoms with E-state index in [1.54, 1.807) is 36.3 Å². The Hall–Kier alpha value is -2.45. The van der Waals surface area contributed by atoms with Crippen molar-refractivity contribution in [2.24, 2.45) is 0 Å². The lowest BCUT2D eigenvalue weighted by Crippen LogP contribution is -2.37. The van der Waals surface area contributed by atoms with Crippen LogP contribution in [0.25, 0.3) is 0 Å². The Morgan fingerprint density at radius 2 is 1.96 bits per heavy atom. The molecule has 0 saturated heterocycles. The number of hydrogen-bond donors (Lipinski definition) is 1. The minimum absolute atomic E-state index is 0.0208. The van der Waals surface area contributed by atoms with E-state index < -0.39 is 21.6 Å². The minimum Gasteiger partial charge on any atom is -0.383 e. The zero-order valence-electron chi connectivity index (χ0n) is 14.9. The molecular formula is C19H21FN2O4S. The van der Waals surface area contributed by atoms with Crippen molar-refractivity contribution in [2.75, 3.05) is 29.9 Å². The first-order valence-corrected chi connectivity index (χ1v) is 10.2. The van der Waals surface area contributed by atoms with Crippen molar-refractivity contribution >= 4 is 27.3 Å². The SMILES string of the molecule is COCCN1C(=O)CCc2cc(NS(=O)(=O)Cc3ccccc3F)ccc21. The molecule has 8 heteroatoms. The van der Waals surface area contributed by atoms with Crippen LogP contribution in [-0.4, -0.2) is 34.6 Å². The highest BCUT2D eigenvalue weighted by Crippen LogP contribution is 2.30. The molecule has 0 aliphatic carbocycles. The summed E-state index contributed by atoms with van der Waals surface area (Å²) in [6.07, 6.45) is 0.905. The van der Waals surface area contributed by atoms with E-state index in [9.17, 15) is 17.6 Å². The molecule has 1 amide bonds. The van der Waals surface area contributed by atoms with Gasteiger partial charge in [-0.25, -0.2) is 12.8 Å². The lowest BCUT2D eigenvalue weighted by atomic mass is 10.0. The second kappa shape index (κ2) is 8.06. The molecule has 1 aliphatic rings. The largest absolute Gasteiger partial charge is 0.383 e. The Kier molecular flexibility index (Phi) is 5.76. The number of benzene rings is 2. The summed E-state index contributed by atoms with van der Waals surface area (Å²) in [7, 11) is -2.19. The van der Waals surface area contributed by atoms with Gasteiger partial charge in [-0.1, -0.05) is 18.2 Å². The molecule has 0 atom stereocenters. The van der Waals surface area contributed by atoms with E-state index in [0.717, 1.165) is 11.3 Å². The number of sulfonamides is 1. The fourth-order valence-corrected chi connectivity index (χ4v) is 4.29. The molecule has 0 radical (unpaired) electrons. The summed E-state index contributed by atoms with van der Waals surface area (Å²) in [4.78, 5) is 13.8. The molecule has 0 fully saturated rings. The smallest absolute Gasteiger partial charge is 0.237 e. The summed E-state index contributed by atoms with van der Waals surface area (Å²) in [5, 5.41) is 0. The Morgan fingerprint density at radius 3 is 2.70 bits per heavy atom. The number of halogens is 1. The van der Waals surface area contributed by atoms with Crippen LogP contribution < -0.4 is 9.62 Å². The van der Waals surface area contributed by atoms with E-state index in [0.29, 0.717) is 31.7 Å². The minimum atomic E-state index is -3.77. The molecule has 27 heavy (non-hydrogen) atoms. The van der Waals surface area contributed by atoms with Crippen molar-refractivity contribution in [1.82, 2.24) is 0 Å². The van der Waals surface area contributed by atoms with Crippen molar-refractivity contribution < 1.29 is 22.3 Å². The molecule has 0 unspecified atom stereocenters. The highest BCUT2D eigenvalue weighted by molar-refractivity contribution is 7.91. The van der Waals surface area contributed by atoms with Crippen LogP contribution in [0.5, 0.6) is 0 Å². The summed E-state index contributed by atoms with van der Waals surface area (Å²) < 4.78 is 46.0. The highest BCUT2D eigenvalue weighted by atomic mass is 32.2. The number of rotatable bonds is 7. The second-order valence-corrected chi connectivity index (χ2v) is 8.06. The zero-order valence-corrected chi connectivity index (χ0v) is 15.8. The molecule has 0 bridgehead atoms. The number of nitrogens with zero attached hydrogens (tertiary/aromatic N) is 1. The number of aryl methyl sites for hydroxylation is 1. The lowest BCUT2D eigenvalue weighted by Gasteiger charge is -2.29. The Morgan fingerprint density at radius 1 is 1.19 bits per heavy atom. The van der Waals surface area contributed by atoms with Crippen LogP contribution in [0.15, 0.2) is 42.5 Å². The standard InChI is InChI=1S/C19H21FN2O4S/c1-26-11-10-22-18-8-7-16(12-14(18)6-9-19(22)23)21-27(24,25)13-15-4-2-3-5-17(15)20/h2-5,7-8,12,21H,6,9-11,13H2,1H3. The molecule has 0 aromatic heterocycles. The number of nitrogens with one attached hydrogen (secondary N) is 1. The third-order valence-corrected chi connectivity index (χ3v) is 5.61. The molecule has 2 aromatic carbocycles.